The van der Waals surface area contributed by atoms with Crippen molar-refractivity contribution in [1.82, 2.24) is 5.32 Å². The Morgan fingerprint density at radius 1 is 1.19 bits per heavy atom. The van der Waals surface area contributed by atoms with Crippen LogP contribution < -0.4 is 5.32 Å². The van der Waals surface area contributed by atoms with Crippen LogP contribution in [0.5, 0.6) is 0 Å². The maximum atomic E-state index is 11.0. The van der Waals surface area contributed by atoms with E-state index in [2.05, 4.69) is 5.32 Å². The third kappa shape index (κ3) is 2.77. The second kappa shape index (κ2) is 4.65. The van der Waals surface area contributed by atoms with Crippen LogP contribution in [-0.2, 0) is 9.84 Å². The van der Waals surface area contributed by atoms with Gasteiger partial charge in [-0.2, -0.15) is 0 Å². The number of hydrogen-bond acceptors (Lipinski definition) is 3. The SMILES string of the molecule is CS(=O)(=O)CCNC1CCC12CCCCC2. The maximum Gasteiger partial charge on any atom is 0.148 e. The van der Waals surface area contributed by atoms with Crippen molar-refractivity contribution in [1.29, 1.82) is 0 Å². The average molecular weight is 245 g/mol. The van der Waals surface area contributed by atoms with Gasteiger partial charge >= 0.3 is 0 Å². The molecule has 1 atom stereocenters. The van der Waals surface area contributed by atoms with Gasteiger partial charge in [0.15, 0.2) is 0 Å². The molecular weight excluding hydrogens is 222 g/mol. The molecule has 0 bridgehead atoms. The second-order valence-corrected chi connectivity index (χ2v) is 7.86. The van der Waals surface area contributed by atoms with Gasteiger partial charge < -0.3 is 5.32 Å². The Balaban J connectivity index is 1.78. The summed E-state index contributed by atoms with van der Waals surface area (Å²) in [6.07, 6.45) is 10.7. The number of sulfone groups is 1. The van der Waals surface area contributed by atoms with E-state index >= 15 is 0 Å². The molecule has 2 aliphatic rings. The summed E-state index contributed by atoms with van der Waals surface area (Å²) in [7, 11) is -2.81. The van der Waals surface area contributed by atoms with Crippen LogP contribution in [0.3, 0.4) is 0 Å². The zero-order chi connectivity index (χ0) is 11.6. The second-order valence-electron chi connectivity index (χ2n) is 5.60. The van der Waals surface area contributed by atoms with Gasteiger partial charge in [0, 0.05) is 18.8 Å². The zero-order valence-corrected chi connectivity index (χ0v) is 11.0. The van der Waals surface area contributed by atoms with Gasteiger partial charge in [-0.3, -0.25) is 0 Å². The summed E-state index contributed by atoms with van der Waals surface area (Å²) in [5.41, 5.74) is 0.537. The molecule has 0 aromatic heterocycles. The third-order valence-electron chi connectivity index (χ3n) is 4.38. The largest absolute Gasteiger partial charge is 0.312 e. The van der Waals surface area contributed by atoms with Crippen LogP contribution in [0.25, 0.3) is 0 Å². The molecule has 2 fully saturated rings. The van der Waals surface area contributed by atoms with E-state index < -0.39 is 9.84 Å². The first-order valence-corrected chi connectivity index (χ1v) is 8.49. The molecule has 1 spiro atoms. The van der Waals surface area contributed by atoms with Crippen LogP contribution >= 0.6 is 0 Å². The highest BCUT2D eigenvalue weighted by Gasteiger charge is 2.46. The van der Waals surface area contributed by atoms with Crippen molar-refractivity contribution in [3.63, 3.8) is 0 Å². The van der Waals surface area contributed by atoms with Crippen LogP contribution in [0.15, 0.2) is 0 Å². The zero-order valence-electron chi connectivity index (χ0n) is 10.2. The number of hydrogen-bond donors (Lipinski definition) is 1. The fourth-order valence-electron chi connectivity index (χ4n) is 3.29. The molecule has 3 nitrogen and oxygen atoms in total. The lowest BCUT2D eigenvalue weighted by molar-refractivity contribution is 0.0244. The molecule has 0 aliphatic heterocycles. The molecule has 0 saturated heterocycles. The Hall–Kier alpha value is -0.0900. The van der Waals surface area contributed by atoms with Gasteiger partial charge in [0.2, 0.25) is 0 Å². The Morgan fingerprint density at radius 2 is 1.88 bits per heavy atom. The molecule has 1 N–H and O–H groups in total. The van der Waals surface area contributed by atoms with Crippen molar-refractivity contribution in [3.05, 3.63) is 0 Å². The molecule has 2 rings (SSSR count). The van der Waals surface area contributed by atoms with Gasteiger partial charge in [0.1, 0.15) is 9.84 Å². The molecule has 0 aromatic carbocycles. The van der Waals surface area contributed by atoms with E-state index in [1.807, 2.05) is 0 Å². The van der Waals surface area contributed by atoms with Crippen LogP contribution in [0, 0.1) is 5.41 Å². The molecule has 0 radical (unpaired) electrons. The molecular formula is C12H23NO2S. The first kappa shape index (κ1) is 12.4. The average Bonchev–Trinajstić information content (AvgIpc) is 2.23. The van der Waals surface area contributed by atoms with Crippen molar-refractivity contribution in [2.24, 2.45) is 5.41 Å². The number of nitrogens with one attached hydrogen (secondary N) is 1. The van der Waals surface area contributed by atoms with Crippen molar-refractivity contribution in [3.8, 4) is 0 Å². The molecule has 0 aromatic rings. The van der Waals surface area contributed by atoms with Gasteiger partial charge in [0.05, 0.1) is 5.75 Å². The normalized spacial score (nSPS) is 28.9. The molecule has 2 saturated carbocycles. The smallest absolute Gasteiger partial charge is 0.148 e. The minimum atomic E-state index is -2.81. The highest BCUT2D eigenvalue weighted by molar-refractivity contribution is 7.90. The van der Waals surface area contributed by atoms with E-state index in [9.17, 15) is 8.42 Å². The molecule has 2 aliphatic carbocycles. The van der Waals surface area contributed by atoms with Gasteiger partial charge in [-0.05, 0) is 31.1 Å². The standard InChI is InChI=1S/C12H23NO2S/c1-16(14,15)10-9-13-11-5-8-12(11)6-3-2-4-7-12/h11,13H,2-10H2,1H3. The van der Waals surface area contributed by atoms with E-state index in [1.54, 1.807) is 0 Å². The lowest BCUT2D eigenvalue weighted by Gasteiger charge is -2.52. The fourth-order valence-corrected chi connectivity index (χ4v) is 3.78. The van der Waals surface area contributed by atoms with Crippen molar-refractivity contribution in [2.45, 2.75) is 51.0 Å². The lowest BCUT2D eigenvalue weighted by atomic mass is 9.57. The Morgan fingerprint density at radius 3 is 2.38 bits per heavy atom. The Bertz CT molecular complexity index is 331. The summed E-state index contributed by atoms with van der Waals surface area (Å²) in [5.74, 6) is 0.277. The first-order valence-electron chi connectivity index (χ1n) is 6.43. The van der Waals surface area contributed by atoms with Gasteiger partial charge in [-0.1, -0.05) is 19.3 Å². The molecule has 1 unspecified atom stereocenters. The molecule has 4 heteroatoms. The van der Waals surface area contributed by atoms with E-state index in [0.717, 1.165) is 0 Å². The quantitative estimate of drug-likeness (QED) is 0.820. The van der Waals surface area contributed by atoms with Crippen molar-refractivity contribution < 1.29 is 8.42 Å². The van der Waals surface area contributed by atoms with E-state index in [4.69, 9.17) is 0 Å². The molecule has 0 heterocycles. The topological polar surface area (TPSA) is 46.2 Å². The summed E-state index contributed by atoms with van der Waals surface area (Å²) in [6, 6.07) is 0.592. The maximum absolute atomic E-state index is 11.0. The predicted molar refractivity (Wildman–Crippen MR) is 66.3 cm³/mol. The van der Waals surface area contributed by atoms with Crippen LogP contribution in [-0.4, -0.2) is 33.0 Å². The summed E-state index contributed by atoms with van der Waals surface area (Å²) >= 11 is 0. The van der Waals surface area contributed by atoms with Gasteiger partial charge in [-0.15, -0.1) is 0 Å². The predicted octanol–water partition coefficient (Wildman–Crippen LogP) is 1.73. The summed E-state index contributed by atoms with van der Waals surface area (Å²) < 4.78 is 22.1. The lowest BCUT2D eigenvalue weighted by Crippen LogP contribution is -2.55. The monoisotopic (exact) mass is 245 g/mol. The molecule has 94 valence electrons. The molecule has 16 heavy (non-hydrogen) atoms. The first-order chi connectivity index (χ1) is 7.52. The number of rotatable bonds is 4. The van der Waals surface area contributed by atoms with Gasteiger partial charge in [-0.25, -0.2) is 8.42 Å². The van der Waals surface area contributed by atoms with Crippen LogP contribution in [0.1, 0.15) is 44.9 Å². The van der Waals surface area contributed by atoms with E-state index in [-0.39, 0.29) is 5.75 Å². The minimum absolute atomic E-state index is 0.277. The summed E-state index contributed by atoms with van der Waals surface area (Å²) in [5, 5.41) is 3.46. The summed E-state index contributed by atoms with van der Waals surface area (Å²) in [6.45, 7) is 0.630. The van der Waals surface area contributed by atoms with E-state index in [1.165, 1.54) is 51.2 Å². The molecule has 0 amide bonds. The Labute approximate surface area is 98.9 Å². The van der Waals surface area contributed by atoms with Crippen molar-refractivity contribution >= 4 is 9.84 Å². The summed E-state index contributed by atoms with van der Waals surface area (Å²) in [4.78, 5) is 0. The van der Waals surface area contributed by atoms with Gasteiger partial charge in [0.25, 0.3) is 0 Å². The highest BCUT2D eigenvalue weighted by Crippen LogP contribution is 2.51. The fraction of sp³-hybridized carbons (Fsp3) is 1.00. The van der Waals surface area contributed by atoms with Crippen molar-refractivity contribution in [2.75, 3.05) is 18.6 Å². The van der Waals surface area contributed by atoms with Crippen LogP contribution in [0.2, 0.25) is 0 Å². The highest BCUT2D eigenvalue weighted by atomic mass is 32.2. The van der Waals surface area contributed by atoms with E-state index in [0.29, 0.717) is 18.0 Å². The Kier molecular flexibility index (Phi) is 3.59. The van der Waals surface area contributed by atoms with Crippen LogP contribution in [0.4, 0.5) is 0 Å². The minimum Gasteiger partial charge on any atom is -0.312 e. The third-order valence-corrected chi connectivity index (χ3v) is 5.33.